The number of ether oxygens (including phenoxy) is 4. The Hall–Kier alpha value is -6.06. The van der Waals surface area contributed by atoms with Gasteiger partial charge in [0, 0.05) is 115 Å². The largest absolute Gasteiger partial charge is 0.454 e. The average molecular weight is 1070 g/mol. The summed E-state index contributed by atoms with van der Waals surface area (Å²) in [7, 11) is 0. The van der Waals surface area contributed by atoms with Crippen molar-refractivity contribution in [3.63, 3.8) is 0 Å². The monoisotopic (exact) mass is 1070 g/mol. The SMILES string of the molecule is C.CC.CC(=O)NCCn1c(C(C)(C)C)cc2cc(CC(=O)C3(c4ccc5c(c4)OCO5)CC3)ccc21.CC(C)(C)c1cc2cc(CC(=O)C3(c4ccc5c(c4)OCO5)CC3)ccc2n1CCN=[N+]=[N-].[CH3-].[Pd]. The zero-order valence-corrected chi connectivity index (χ0v) is 44.5. The predicted molar refractivity (Wildman–Crippen MR) is 283 cm³/mol. The third kappa shape index (κ3) is 11.7. The molecule has 4 heterocycles. The molecule has 0 unspecified atom stereocenters. The molecule has 2 aliphatic heterocycles. The molecule has 2 fully saturated rings. The Labute approximate surface area is 439 Å². The van der Waals surface area contributed by atoms with E-state index in [1.807, 2.05) is 56.3 Å². The standard InChI is InChI=1S/C28H32N2O4.C26H28N4O3.C2H6.CH4.CH3.Pd/c1-18(31)29-11-12-30-22-7-5-19(13-20(22)15-25(30)27(2,3)4)14-26(32)28(9-10-28)21-6-8-23-24(16-21)34-17-33-23;1-25(2,3)23-14-18-12-17(4-6-20(18)30(23)11-10-28-29-27)13-24(31)26(8-9-26)19-5-7-21-22(15-19)33-16-32-21;1-2;;;/h5-8,13,15-16H,9-12,14,17H2,1-4H3,(H,29,31);4-7,12,14-15H,8-11,13,16H2,1-3H3;1-2H3;1H4;1H3;/q;;;;-1;. The molecule has 0 bridgehead atoms. The number of hydrogen-bond acceptors (Lipinski definition) is 8. The molecule has 0 spiro atoms. The second kappa shape index (κ2) is 22.8. The van der Waals surface area contributed by atoms with E-state index >= 15 is 0 Å². The molecule has 1 N–H and O–H groups in total. The van der Waals surface area contributed by atoms with Gasteiger partial charge in [0.1, 0.15) is 11.6 Å². The molecule has 72 heavy (non-hydrogen) atoms. The van der Waals surface area contributed by atoms with E-state index in [1.165, 1.54) is 18.3 Å². The first kappa shape index (κ1) is 56.9. The first-order valence-corrected chi connectivity index (χ1v) is 24.4. The van der Waals surface area contributed by atoms with Crippen LogP contribution in [0.4, 0.5) is 0 Å². The number of Topliss-reactive ketones (excluding diaryl/α,β-unsaturated/α-hetero) is 2. The van der Waals surface area contributed by atoms with Gasteiger partial charge in [0.2, 0.25) is 19.5 Å². The first-order valence-electron chi connectivity index (χ1n) is 24.4. The zero-order chi connectivity index (χ0) is 49.3. The van der Waals surface area contributed by atoms with E-state index in [9.17, 15) is 14.4 Å². The van der Waals surface area contributed by atoms with Gasteiger partial charge in [0.05, 0.1) is 10.8 Å². The third-order valence-corrected chi connectivity index (χ3v) is 13.8. The van der Waals surface area contributed by atoms with Crippen molar-refractivity contribution in [3.05, 3.63) is 136 Å². The van der Waals surface area contributed by atoms with Crippen LogP contribution < -0.4 is 24.3 Å². The van der Waals surface area contributed by atoms with Gasteiger partial charge in [-0.1, -0.05) is 92.2 Å². The number of ketones is 2. The molecule has 10 rings (SSSR count). The summed E-state index contributed by atoms with van der Waals surface area (Å²) >= 11 is 0. The van der Waals surface area contributed by atoms with Gasteiger partial charge in [-0.15, -0.1) is 0 Å². The maximum atomic E-state index is 13.5. The molecule has 388 valence electrons. The summed E-state index contributed by atoms with van der Waals surface area (Å²) in [6, 6.07) is 28.8. The molecule has 4 aromatic carbocycles. The fourth-order valence-corrected chi connectivity index (χ4v) is 9.92. The van der Waals surface area contributed by atoms with Crippen molar-refractivity contribution in [2.24, 2.45) is 5.11 Å². The van der Waals surface area contributed by atoms with E-state index in [-0.39, 0.29) is 77.2 Å². The first-order chi connectivity index (χ1) is 33.0. The van der Waals surface area contributed by atoms with Gasteiger partial charge in [-0.25, -0.2) is 0 Å². The Balaban J connectivity index is 0.000000249. The van der Waals surface area contributed by atoms with Crippen LogP contribution in [-0.4, -0.2) is 53.3 Å². The van der Waals surface area contributed by atoms with Crippen LogP contribution in [-0.2, 0) is 82.4 Å². The molecule has 6 aromatic rings. The molecule has 14 heteroatoms. The van der Waals surface area contributed by atoms with Crippen LogP contribution in [0.25, 0.3) is 32.2 Å². The van der Waals surface area contributed by atoms with Crippen LogP contribution in [0.3, 0.4) is 0 Å². The maximum Gasteiger partial charge on any atom is 0.231 e. The van der Waals surface area contributed by atoms with Crippen molar-refractivity contribution >= 4 is 39.3 Å². The molecule has 2 saturated carbocycles. The normalized spacial score (nSPS) is 15.0. The summed E-state index contributed by atoms with van der Waals surface area (Å²) in [6.07, 6.45) is 4.31. The minimum absolute atomic E-state index is 0. The van der Waals surface area contributed by atoms with E-state index in [4.69, 9.17) is 24.5 Å². The van der Waals surface area contributed by atoms with Gasteiger partial charge in [0.25, 0.3) is 0 Å². The minimum Gasteiger partial charge on any atom is -0.454 e. The molecule has 0 radical (unpaired) electrons. The fourth-order valence-electron chi connectivity index (χ4n) is 9.92. The molecular weight excluding hydrogens is 999 g/mol. The number of fused-ring (bicyclic) bond motifs is 4. The number of azide groups is 1. The number of carbonyl (C=O) groups excluding carboxylic acids is 3. The molecule has 13 nitrogen and oxygen atoms in total. The summed E-state index contributed by atoms with van der Waals surface area (Å²) in [4.78, 5) is 41.1. The zero-order valence-electron chi connectivity index (χ0n) is 43.0. The Morgan fingerprint density at radius 2 is 1.06 bits per heavy atom. The third-order valence-electron chi connectivity index (χ3n) is 13.8. The summed E-state index contributed by atoms with van der Waals surface area (Å²) in [5.74, 6) is 3.43. The van der Waals surface area contributed by atoms with Gasteiger partial charge in [-0.2, -0.15) is 0 Å². The van der Waals surface area contributed by atoms with Crippen molar-refractivity contribution in [1.29, 1.82) is 0 Å². The Morgan fingerprint density at radius 1 is 0.639 bits per heavy atom. The molecule has 4 aliphatic rings. The van der Waals surface area contributed by atoms with Crippen LogP contribution in [0.5, 0.6) is 23.0 Å². The molecule has 2 aliphatic carbocycles. The molecule has 0 saturated heterocycles. The summed E-state index contributed by atoms with van der Waals surface area (Å²) < 4.78 is 26.4. The number of benzene rings is 4. The number of aromatic nitrogens is 2. The Kier molecular flexibility index (Phi) is 18.0. The number of nitrogens with one attached hydrogen (secondary N) is 1. The second-order valence-corrected chi connectivity index (χ2v) is 20.6. The van der Waals surface area contributed by atoms with E-state index in [0.717, 1.165) is 92.7 Å². The van der Waals surface area contributed by atoms with Crippen molar-refractivity contribution in [3.8, 4) is 23.0 Å². The number of amides is 1. The van der Waals surface area contributed by atoms with E-state index in [1.54, 1.807) is 0 Å². The minimum atomic E-state index is -0.409. The second-order valence-electron chi connectivity index (χ2n) is 20.6. The molecular formula is C58H73N6O7Pd-. The van der Waals surface area contributed by atoms with Gasteiger partial charge in [-0.05, 0) is 114 Å². The van der Waals surface area contributed by atoms with E-state index in [0.29, 0.717) is 39.0 Å². The van der Waals surface area contributed by atoms with Gasteiger partial charge in [0.15, 0.2) is 23.0 Å². The molecule has 0 atom stereocenters. The number of carbonyl (C=O) groups is 3. The van der Waals surface area contributed by atoms with Crippen LogP contribution in [0.15, 0.2) is 90.0 Å². The van der Waals surface area contributed by atoms with Crippen LogP contribution in [0, 0.1) is 7.43 Å². The molecule has 1 amide bonds. The number of hydrogen-bond donors (Lipinski definition) is 1. The summed E-state index contributed by atoms with van der Waals surface area (Å²) in [5.41, 5.74) is 16.5. The Bertz CT molecular complexity index is 2980. The van der Waals surface area contributed by atoms with Gasteiger partial charge in [-0.3, -0.25) is 14.4 Å². The number of rotatable bonds is 14. The van der Waals surface area contributed by atoms with Crippen molar-refractivity contribution < 1.29 is 53.8 Å². The van der Waals surface area contributed by atoms with Gasteiger partial charge < -0.3 is 40.8 Å². The smallest absolute Gasteiger partial charge is 0.231 e. The molecule has 2 aromatic heterocycles. The fraction of sp³-hybridized carbons (Fsp3) is 0.448. The summed E-state index contributed by atoms with van der Waals surface area (Å²) in [5, 5.41) is 8.86. The predicted octanol–water partition coefficient (Wildman–Crippen LogP) is 12.6. The van der Waals surface area contributed by atoms with Crippen LogP contribution >= 0.6 is 0 Å². The van der Waals surface area contributed by atoms with Crippen molar-refractivity contribution in [2.45, 2.75) is 143 Å². The van der Waals surface area contributed by atoms with Crippen LogP contribution in [0.1, 0.15) is 129 Å². The maximum absolute atomic E-state index is 13.5. The van der Waals surface area contributed by atoms with Crippen molar-refractivity contribution in [2.75, 3.05) is 26.7 Å². The van der Waals surface area contributed by atoms with E-state index in [2.05, 4.69) is 108 Å². The van der Waals surface area contributed by atoms with Gasteiger partial charge >= 0.3 is 0 Å². The summed E-state index contributed by atoms with van der Waals surface area (Å²) in [6.45, 7) is 21.5. The Morgan fingerprint density at radius 3 is 1.44 bits per heavy atom. The van der Waals surface area contributed by atoms with Crippen molar-refractivity contribution in [1.82, 2.24) is 14.5 Å². The van der Waals surface area contributed by atoms with E-state index < -0.39 is 10.8 Å². The quantitative estimate of drug-likeness (QED) is 0.0374. The number of nitrogens with zero attached hydrogens (tertiary/aromatic N) is 5. The topological polar surface area (TPSA) is 159 Å². The van der Waals surface area contributed by atoms with Crippen LogP contribution in [0.2, 0.25) is 0 Å². The average Bonchev–Trinajstić information content (AvgIpc) is 4.08.